The summed E-state index contributed by atoms with van der Waals surface area (Å²) in [5.41, 5.74) is 0.743. The molecule has 0 saturated carbocycles. The fraction of sp³-hybridized carbons (Fsp3) is 0.263. The second-order valence-corrected chi connectivity index (χ2v) is 6.62. The molecule has 0 unspecified atom stereocenters. The summed E-state index contributed by atoms with van der Waals surface area (Å²) in [5.74, 6) is -0.730. The summed E-state index contributed by atoms with van der Waals surface area (Å²) < 4.78 is 0. The van der Waals surface area contributed by atoms with Gasteiger partial charge in [-0.05, 0) is 36.8 Å². The normalized spacial score (nSPS) is 14.8. The van der Waals surface area contributed by atoms with Crippen LogP contribution in [0.4, 0.5) is 0 Å². The second kappa shape index (κ2) is 7.66. The van der Waals surface area contributed by atoms with E-state index in [1.165, 1.54) is 18.2 Å². The molecule has 0 aliphatic carbocycles. The summed E-state index contributed by atoms with van der Waals surface area (Å²) in [6.07, 6.45) is 0.642. The topological polar surface area (TPSA) is 81.1 Å². The highest BCUT2D eigenvalue weighted by molar-refractivity contribution is 6.30. The summed E-state index contributed by atoms with van der Waals surface area (Å²) in [6, 6.07) is 10.6. The Morgan fingerprint density at radius 3 is 1.96 bits per heavy atom. The lowest BCUT2D eigenvalue weighted by molar-refractivity contribution is 0.0718. The van der Waals surface area contributed by atoms with Gasteiger partial charge in [-0.3, -0.25) is 9.59 Å². The number of aromatic hydroxyl groups is 2. The zero-order valence-electron chi connectivity index (χ0n) is 14.1. The average molecular weight is 375 g/mol. The Hall–Kier alpha value is -2.73. The van der Waals surface area contributed by atoms with Crippen LogP contribution in [0.25, 0.3) is 0 Å². The van der Waals surface area contributed by atoms with Gasteiger partial charge in [0.05, 0.1) is 0 Å². The maximum Gasteiger partial charge on any atom is 0.254 e. The minimum atomic E-state index is -0.284. The third kappa shape index (κ3) is 4.08. The first-order valence-corrected chi connectivity index (χ1v) is 8.69. The van der Waals surface area contributed by atoms with Gasteiger partial charge in [0.2, 0.25) is 0 Å². The van der Waals surface area contributed by atoms with Gasteiger partial charge in [0, 0.05) is 48.4 Å². The molecule has 1 aliphatic heterocycles. The van der Waals surface area contributed by atoms with E-state index < -0.39 is 0 Å². The van der Waals surface area contributed by atoms with Gasteiger partial charge in [0.15, 0.2) is 0 Å². The SMILES string of the molecule is O=C(c1cc(O)cc(O)c1)N1CCCN(C(=O)c2cccc(Cl)c2)CC1. The number of amides is 2. The Morgan fingerprint density at radius 1 is 0.808 bits per heavy atom. The molecule has 0 bridgehead atoms. The van der Waals surface area contributed by atoms with Crippen molar-refractivity contribution in [3.63, 3.8) is 0 Å². The molecule has 0 radical (unpaired) electrons. The third-order valence-electron chi connectivity index (χ3n) is 4.29. The lowest BCUT2D eigenvalue weighted by Crippen LogP contribution is -2.37. The van der Waals surface area contributed by atoms with Crippen molar-refractivity contribution in [1.82, 2.24) is 9.80 Å². The van der Waals surface area contributed by atoms with Crippen molar-refractivity contribution in [2.75, 3.05) is 26.2 Å². The van der Waals surface area contributed by atoms with Crippen LogP contribution >= 0.6 is 11.6 Å². The molecule has 2 aromatic rings. The largest absolute Gasteiger partial charge is 0.508 e. The zero-order chi connectivity index (χ0) is 18.7. The van der Waals surface area contributed by atoms with Crippen LogP contribution < -0.4 is 0 Å². The van der Waals surface area contributed by atoms with Gasteiger partial charge in [-0.15, -0.1) is 0 Å². The zero-order valence-corrected chi connectivity index (χ0v) is 14.8. The molecule has 2 amide bonds. The molecular formula is C19H19ClN2O4. The van der Waals surface area contributed by atoms with E-state index in [4.69, 9.17) is 11.6 Å². The number of phenols is 2. The van der Waals surface area contributed by atoms with Gasteiger partial charge < -0.3 is 20.0 Å². The van der Waals surface area contributed by atoms with E-state index in [2.05, 4.69) is 0 Å². The van der Waals surface area contributed by atoms with Crippen LogP contribution in [-0.4, -0.2) is 58.0 Å². The molecular weight excluding hydrogens is 356 g/mol. The van der Waals surface area contributed by atoms with E-state index in [-0.39, 0.29) is 28.9 Å². The summed E-state index contributed by atoms with van der Waals surface area (Å²) in [6.45, 7) is 1.82. The van der Waals surface area contributed by atoms with Gasteiger partial charge in [-0.1, -0.05) is 17.7 Å². The van der Waals surface area contributed by atoms with E-state index in [1.54, 1.807) is 34.1 Å². The molecule has 1 heterocycles. The third-order valence-corrected chi connectivity index (χ3v) is 4.53. The first kappa shape index (κ1) is 18.1. The Morgan fingerprint density at radius 2 is 1.38 bits per heavy atom. The highest BCUT2D eigenvalue weighted by Gasteiger charge is 2.24. The Labute approximate surface area is 156 Å². The molecule has 1 saturated heterocycles. The number of carbonyl (C=O) groups excluding carboxylic acids is 2. The van der Waals surface area contributed by atoms with Crippen molar-refractivity contribution in [1.29, 1.82) is 0 Å². The predicted molar refractivity (Wildman–Crippen MR) is 97.6 cm³/mol. The summed E-state index contributed by atoms with van der Waals surface area (Å²) in [4.78, 5) is 28.6. The smallest absolute Gasteiger partial charge is 0.254 e. The minimum Gasteiger partial charge on any atom is -0.508 e. The molecule has 0 spiro atoms. The van der Waals surface area contributed by atoms with Crippen LogP contribution in [0.1, 0.15) is 27.1 Å². The molecule has 0 atom stereocenters. The Bertz CT molecular complexity index is 820. The number of hydrogen-bond donors (Lipinski definition) is 2. The minimum absolute atomic E-state index is 0.114. The van der Waals surface area contributed by atoms with E-state index in [1.807, 2.05) is 0 Å². The molecule has 136 valence electrons. The number of carbonyl (C=O) groups is 2. The first-order valence-electron chi connectivity index (χ1n) is 8.31. The number of phenolic OH excluding ortho intramolecular Hbond substituents is 2. The fourth-order valence-electron chi connectivity index (χ4n) is 3.03. The molecule has 6 nitrogen and oxygen atoms in total. The van der Waals surface area contributed by atoms with Crippen molar-refractivity contribution in [2.45, 2.75) is 6.42 Å². The molecule has 1 aliphatic rings. The van der Waals surface area contributed by atoms with Crippen molar-refractivity contribution in [2.24, 2.45) is 0 Å². The monoisotopic (exact) mass is 374 g/mol. The maximum atomic E-state index is 12.6. The van der Waals surface area contributed by atoms with Crippen LogP contribution in [0.5, 0.6) is 11.5 Å². The summed E-state index contributed by atoms with van der Waals surface area (Å²) in [7, 11) is 0. The molecule has 26 heavy (non-hydrogen) atoms. The lowest BCUT2D eigenvalue weighted by Gasteiger charge is -2.22. The van der Waals surface area contributed by atoms with Gasteiger partial charge in [-0.25, -0.2) is 0 Å². The Kier molecular flexibility index (Phi) is 5.32. The predicted octanol–water partition coefficient (Wildman–Crippen LogP) is 2.74. The lowest BCUT2D eigenvalue weighted by atomic mass is 10.1. The number of nitrogens with zero attached hydrogens (tertiary/aromatic N) is 2. The van der Waals surface area contributed by atoms with Crippen LogP contribution in [0.15, 0.2) is 42.5 Å². The first-order chi connectivity index (χ1) is 12.4. The number of halogens is 1. The fourth-order valence-corrected chi connectivity index (χ4v) is 3.22. The van der Waals surface area contributed by atoms with Gasteiger partial charge >= 0.3 is 0 Å². The maximum absolute atomic E-state index is 12.6. The van der Waals surface area contributed by atoms with Gasteiger partial charge in [0.25, 0.3) is 11.8 Å². The Balaban J connectivity index is 1.70. The highest BCUT2D eigenvalue weighted by atomic mass is 35.5. The van der Waals surface area contributed by atoms with Crippen LogP contribution in [0, 0.1) is 0 Å². The van der Waals surface area contributed by atoms with Crippen molar-refractivity contribution in [3.8, 4) is 11.5 Å². The van der Waals surface area contributed by atoms with Crippen LogP contribution in [0.2, 0.25) is 5.02 Å². The quantitative estimate of drug-likeness (QED) is 0.846. The number of benzene rings is 2. The van der Waals surface area contributed by atoms with Crippen LogP contribution in [0.3, 0.4) is 0 Å². The van der Waals surface area contributed by atoms with Gasteiger partial charge in [-0.2, -0.15) is 0 Å². The average Bonchev–Trinajstić information content (AvgIpc) is 2.85. The molecule has 2 N–H and O–H groups in total. The van der Waals surface area contributed by atoms with E-state index in [0.717, 1.165) is 0 Å². The summed E-state index contributed by atoms with van der Waals surface area (Å²) >= 11 is 5.95. The molecule has 2 aromatic carbocycles. The molecule has 1 fully saturated rings. The van der Waals surface area contributed by atoms with Crippen LogP contribution in [-0.2, 0) is 0 Å². The second-order valence-electron chi connectivity index (χ2n) is 6.19. The number of hydrogen-bond acceptors (Lipinski definition) is 4. The summed E-state index contributed by atoms with van der Waals surface area (Å²) in [5, 5.41) is 19.6. The van der Waals surface area contributed by atoms with E-state index in [9.17, 15) is 19.8 Å². The molecule has 3 rings (SSSR count). The van der Waals surface area contributed by atoms with Crippen molar-refractivity contribution >= 4 is 23.4 Å². The van der Waals surface area contributed by atoms with Crippen molar-refractivity contribution in [3.05, 3.63) is 58.6 Å². The molecule has 7 heteroatoms. The van der Waals surface area contributed by atoms with E-state index >= 15 is 0 Å². The number of rotatable bonds is 2. The molecule has 0 aromatic heterocycles. The van der Waals surface area contributed by atoms with Gasteiger partial charge in [0.1, 0.15) is 11.5 Å². The highest BCUT2D eigenvalue weighted by Crippen LogP contribution is 2.22. The van der Waals surface area contributed by atoms with E-state index in [0.29, 0.717) is 43.2 Å². The standard InChI is InChI=1S/C19H19ClN2O4/c20-15-4-1-3-13(9-15)18(25)21-5-2-6-22(8-7-21)19(26)14-10-16(23)12-17(24)11-14/h1,3-4,9-12,23-24H,2,5-8H2. The van der Waals surface area contributed by atoms with Crippen molar-refractivity contribution < 1.29 is 19.8 Å².